The molecule has 0 atom stereocenters. The molecule has 0 saturated heterocycles. The second-order valence-electron chi connectivity index (χ2n) is 5.16. The number of alkyl halides is 1. The Hall–Kier alpha value is -2.29. The molecule has 0 aliphatic rings. The molecule has 0 amide bonds. The Morgan fingerprint density at radius 1 is 1.16 bits per heavy atom. The first kappa shape index (κ1) is 17.5. The summed E-state index contributed by atoms with van der Waals surface area (Å²) in [4.78, 5) is -0.654. The second-order valence-corrected chi connectivity index (χ2v) is 7.13. The fraction of sp³-hybridized carbons (Fsp3) is 0.0625. The van der Waals surface area contributed by atoms with E-state index in [9.17, 15) is 17.2 Å². The highest BCUT2D eigenvalue weighted by atomic mass is 35.5. The number of sulfonamides is 1. The van der Waals surface area contributed by atoms with Crippen LogP contribution in [0.1, 0.15) is 5.76 Å². The summed E-state index contributed by atoms with van der Waals surface area (Å²) < 4.78 is 55.1. The molecule has 25 heavy (non-hydrogen) atoms. The van der Waals surface area contributed by atoms with Gasteiger partial charge in [0.1, 0.15) is 16.4 Å². The van der Waals surface area contributed by atoms with Crippen molar-refractivity contribution in [1.29, 1.82) is 0 Å². The van der Waals surface area contributed by atoms with E-state index in [1.165, 1.54) is 6.07 Å². The van der Waals surface area contributed by atoms with Gasteiger partial charge in [0.2, 0.25) is 10.0 Å². The van der Waals surface area contributed by atoms with Crippen LogP contribution >= 0.6 is 11.6 Å². The minimum absolute atomic E-state index is 0.113. The van der Waals surface area contributed by atoms with Gasteiger partial charge in [0.05, 0.1) is 5.56 Å². The fourth-order valence-corrected chi connectivity index (χ4v) is 3.21. The summed E-state index contributed by atoms with van der Waals surface area (Å²) in [7, 11) is -4.21. The number of rotatable bonds is 4. The van der Waals surface area contributed by atoms with Crippen molar-refractivity contribution in [3.05, 3.63) is 59.1 Å². The van der Waals surface area contributed by atoms with Gasteiger partial charge in [0.15, 0.2) is 12.4 Å². The number of benzene rings is 2. The Morgan fingerprint density at radius 2 is 1.92 bits per heavy atom. The third-order valence-electron chi connectivity index (χ3n) is 3.51. The Bertz CT molecular complexity index is 1050. The van der Waals surface area contributed by atoms with Gasteiger partial charge in [-0.05, 0) is 29.8 Å². The summed E-state index contributed by atoms with van der Waals surface area (Å²) in [5.41, 5.74) is 1.22. The maximum Gasteiger partial charge on any atom is 0.240 e. The van der Waals surface area contributed by atoms with E-state index in [1.54, 1.807) is 24.3 Å². The molecule has 3 aromatic rings. The number of primary sulfonamides is 1. The van der Waals surface area contributed by atoms with Crippen LogP contribution in [0.4, 0.5) is 8.78 Å². The van der Waals surface area contributed by atoms with Gasteiger partial charge < -0.3 is 4.52 Å². The molecular weight excluding hydrogens is 374 g/mol. The van der Waals surface area contributed by atoms with Gasteiger partial charge in [0, 0.05) is 10.6 Å². The van der Waals surface area contributed by atoms with Gasteiger partial charge >= 0.3 is 0 Å². The van der Waals surface area contributed by atoms with Crippen LogP contribution in [-0.2, 0) is 16.7 Å². The molecule has 0 aliphatic heterocycles. The molecule has 0 unspecified atom stereocenters. The molecular formula is C16H11ClF2N2O3S. The number of nitrogens with two attached hydrogens (primary N) is 1. The highest BCUT2D eigenvalue weighted by molar-refractivity contribution is 7.89. The first-order chi connectivity index (χ1) is 11.8. The molecule has 0 spiro atoms. The maximum absolute atomic E-state index is 14.1. The summed E-state index contributed by atoms with van der Waals surface area (Å²) in [6.45, 7) is -0.971. The van der Waals surface area contributed by atoms with Crippen LogP contribution in [0, 0.1) is 5.82 Å². The Balaban J connectivity index is 2.21. The van der Waals surface area contributed by atoms with Crippen molar-refractivity contribution in [3.8, 4) is 22.4 Å². The Morgan fingerprint density at radius 3 is 2.52 bits per heavy atom. The minimum atomic E-state index is -4.21. The number of halogens is 3. The van der Waals surface area contributed by atoms with E-state index < -0.39 is 27.4 Å². The zero-order chi connectivity index (χ0) is 18.2. The van der Waals surface area contributed by atoms with Crippen molar-refractivity contribution in [3.63, 3.8) is 0 Å². The highest BCUT2D eigenvalue weighted by Crippen LogP contribution is 2.36. The van der Waals surface area contributed by atoms with E-state index in [0.717, 1.165) is 12.1 Å². The predicted molar refractivity (Wildman–Crippen MR) is 88.5 cm³/mol. The molecule has 2 N–H and O–H groups in total. The van der Waals surface area contributed by atoms with Crippen molar-refractivity contribution >= 4 is 21.6 Å². The van der Waals surface area contributed by atoms with Crippen molar-refractivity contribution in [2.24, 2.45) is 5.14 Å². The number of nitrogens with zero attached hydrogens (tertiary/aromatic N) is 1. The van der Waals surface area contributed by atoms with Crippen LogP contribution in [0.3, 0.4) is 0 Å². The molecule has 9 heteroatoms. The third-order valence-corrected chi connectivity index (χ3v) is 4.69. The molecule has 1 aromatic heterocycles. The molecule has 5 nitrogen and oxygen atoms in total. The summed E-state index contributed by atoms with van der Waals surface area (Å²) in [6.07, 6.45) is 0. The molecule has 2 aromatic carbocycles. The molecule has 130 valence electrons. The summed E-state index contributed by atoms with van der Waals surface area (Å²) in [6, 6.07) is 9.88. The SMILES string of the molecule is NS(=O)(=O)c1ccc(-c2c(-c3cccc(Cl)c3)noc2CF)cc1F. The fourth-order valence-electron chi connectivity index (χ4n) is 2.43. The van der Waals surface area contributed by atoms with Crippen molar-refractivity contribution in [2.75, 3.05) is 0 Å². The van der Waals surface area contributed by atoms with Crippen LogP contribution < -0.4 is 5.14 Å². The van der Waals surface area contributed by atoms with Gasteiger partial charge in [-0.15, -0.1) is 0 Å². The largest absolute Gasteiger partial charge is 0.357 e. The molecule has 0 saturated carbocycles. The number of aromatic nitrogens is 1. The van der Waals surface area contributed by atoms with Crippen LogP contribution in [0.5, 0.6) is 0 Å². The second kappa shape index (κ2) is 6.55. The number of hydrogen-bond donors (Lipinski definition) is 1. The van der Waals surface area contributed by atoms with Crippen LogP contribution in [-0.4, -0.2) is 13.6 Å². The first-order valence-electron chi connectivity index (χ1n) is 6.94. The monoisotopic (exact) mass is 384 g/mol. The number of hydrogen-bond acceptors (Lipinski definition) is 4. The summed E-state index contributed by atoms with van der Waals surface area (Å²) >= 11 is 5.96. The normalized spacial score (nSPS) is 11.7. The van der Waals surface area contributed by atoms with E-state index >= 15 is 0 Å². The first-order valence-corrected chi connectivity index (χ1v) is 8.87. The standard InChI is InChI=1S/C16H11ClF2N2O3S/c17-11-3-1-2-10(6-11)16-15(13(8-18)24-21-16)9-4-5-14(12(19)7-9)25(20,22)23/h1-7H,8H2,(H2,20,22,23). The molecule has 0 fully saturated rings. The lowest BCUT2D eigenvalue weighted by Gasteiger charge is -2.06. The summed E-state index contributed by atoms with van der Waals surface area (Å²) in [5.74, 6) is -1.17. The van der Waals surface area contributed by atoms with Crippen molar-refractivity contribution < 1.29 is 21.7 Å². The zero-order valence-corrected chi connectivity index (χ0v) is 14.1. The highest BCUT2D eigenvalue weighted by Gasteiger charge is 2.22. The molecule has 3 rings (SSSR count). The lowest BCUT2D eigenvalue weighted by atomic mass is 9.99. The molecule has 1 heterocycles. The topological polar surface area (TPSA) is 86.2 Å². The van der Waals surface area contributed by atoms with Gasteiger partial charge in [0.25, 0.3) is 0 Å². The lowest BCUT2D eigenvalue weighted by Crippen LogP contribution is -2.13. The molecule has 0 radical (unpaired) electrons. The van der Waals surface area contributed by atoms with Gasteiger partial charge in [-0.3, -0.25) is 0 Å². The van der Waals surface area contributed by atoms with Crippen LogP contribution in [0.25, 0.3) is 22.4 Å². The zero-order valence-electron chi connectivity index (χ0n) is 12.5. The van der Waals surface area contributed by atoms with E-state index in [0.29, 0.717) is 10.6 Å². The third kappa shape index (κ3) is 3.41. The van der Waals surface area contributed by atoms with Gasteiger partial charge in [-0.1, -0.05) is 35.0 Å². The average molecular weight is 385 g/mol. The average Bonchev–Trinajstić information content (AvgIpc) is 2.97. The quantitative estimate of drug-likeness (QED) is 0.738. The van der Waals surface area contributed by atoms with E-state index in [2.05, 4.69) is 5.16 Å². The van der Waals surface area contributed by atoms with Crippen LogP contribution in [0.15, 0.2) is 51.9 Å². The maximum atomic E-state index is 14.1. The van der Waals surface area contributed by atoms with E-state index in [4.69, 9.17) is 21.3 Å². The Kier molecular flexibility index (Phi) is 4.59. The van der Waals surface area contributed by atoms with Crippen LogP contribution in [0.2, 0.25) is 5.02 Å². The van der Waals surface area contributed by atoms with E-state index in [1.807, 2.05) is 0 Å². The van der Waals surface area contributed by atoms with Crippen molar-refractivity contribution in [2.45, 2.75) is 11.6 Å². The smallest absolute Gasteiger partial charge is 0.240 e. The molecule has 0 aliphatic carbocycles. The lowest BCUT2D eigenvalue weighted by molar-refractivity contribution is 0.332. The summed E-state index contributed by atoms with van der Waals surface area (Å²) in [5, 5.41) is 9.22. The predicted octanol–water partition coefficient (Wildman–Crippen LogP) is 3.92. The van der Waals surface area contributed by atoms with E-state index in [-0.39, 0.29) is 22.6 Å². The van der Waals surface area contributed by atoms with Gasteiger partial charge in [-0.25, -0.2) is 22.3 Å². The molecule has 0 bridgehead atoms. The Labute approximate surface area is 147 Å². The van der Waals surface area contributed by atoms with Crippen molar-refractivity contribution in [1.82, 2.24) is 5.16 Å². The minimum Gasteiger partial charge on any atom is -0.357 e. The van der Waals surface area contributed by atoms with Gasteiger partial charge in [-0.2, -0.15) is 0 Å².